The molecule has 2 amide bonds. The third-order valence-electron chi connectivity index (χ3n) is 3.78. The number of sulfonamides is 1. The molecule has 0 aliphatic heterocycles. The third-order valence-corrected chi connectivity index (χ3v) is 6.35. The van der Waals surface area contributed by atoms with E-state index in [2.05, 4.69) is 10.0 Å². The van der Waals surface area contributed by atoms with Gasteiger partial charge in [0.25, 0.3) is 5.91 Å². The zero-order chi connectivity index (χ0) is 22.7. The highest BCUT2D eigenvalue weighted by Gasteiger charge is 2.26. The number of nitrogens with one attached hydrogen (secondary N) is 2. The van der Waals surface area contributed by atoms with E-state index in [1.165, 1.54) is 30.1 Å². The topological polar surface area (TPSA) is 95.6 Å². The van der Waals surface area contributed by atoms with Gasteiger partial charge in [0.05, 0.1) is 22.3 Å². The maximum atomic E-state index is 12.7. The fourth-order valence-electron chi connectivity index (χ4n) is 2.56. The van der Waals surface area contributed by atoms with E-state index in [1.54, 1.807) is 45.0 Å². The number of nitrogens with zero attached hydrogens (tertiary/aromatic N) is 1. The number of likely N-dealkylation sites (N-methyl/N-ethyl adjacent to an activating group) is 1. The molecule has 10 heteroatoms. The van der Waals surface area contributed by atoms with Gasteiger partial charge in [0.1, 0.15) is 4.90 Å². The van der Waals surface area contributed by atoms with Crippen molar-refractivity contribution in [3.05, 3.63) is 58.1 Å². The van der Waals surface area contributed by atoms with Gasteiger partial charge in [-0.25, -0.2) is 13.1 Å². The Morgan fingerprint density at radius 2 is 1.67 bits per heavy atom. The Kier molecular flexibility index (Phi) is 7.52. The summed E-state index contributed by atoms with van der Waals surface area (Å²) in [7, 11) is -2.51. The smallest absolute Gasteiger partial charge is 0.254 e. The van der Waals surface area contributed by atoms with Gasteiger partial charge in [-0.1, -0.05) is 35.3 Å². The molecule has 0 aromatic heterocycles. The van der Waals surface area contributed by atoms with Gasteiger partial charge >= 0.3 is 0 Å². The lowest BCUT2D eigenvalue weighted by Crippen LogP contribution is -2.40. The number of carbonyl (C=O) groups is 2. The van der Waals surface area contributed by atoms with E-state index >= 15 is 0 Å². The fourth-order valence-corrected chi connectivity index (χ4v) is 4.69. The second kappa shape index (κ2) is 9.34. The van der Waals surface area contributed by atoms with Gasteiger partial charge in [0.2, 0.25) is 15.9 Å². The number of amides is 2. The highest BCUT2D eigenvalue weighted by Crippen LogP contribution is 2.25. The van der Waals surface area contributed by atoms with Crippen LogP contribution in [0, 0.1) is 0 Å². The van der Waals surface area contributed by atoms with Gasteiger partial charge in [0, 0.05) is 18.2 Å². The summed E-state index contributed by atoms with van der Waals surface area (Å²) >= 11 is 12.1. The van der Waals surface area contributed by atoms with Gasteiger partial charge in [-0.05, 0) is 51.1 Å². The summed E-state index contributed by atoms with van der Waals surface area (Å²) in [5, 5.41) is 2.99. The number of carbonyl (C=O) groups excluding carboxylic acids is 2. The average molecular weight is 472 g/mol. The van der Waals surface area contributed by atoms with E-state index in [0.29, 0.717) is 10.7 Å². The van der Waals surface area contributed by atoms with E-state index in [9.17, 15) is 18.0 Å². The molecule has 0 radical (unpaired) electrons. The molecule has 0 bridgehead atoms. The molecular formula is C20H23Cl2N3O4S. The average Bonchev–Trinajstić information content (AvgIpc) is 2.61. The lowest BCUT2D eigenvalue weighted by atomic mass is 10.1. The Labute approximate surface area is 186 Å². The van der Waals surface area contributed by atoms with Crippen LogP contribution in [0.15, 0.2) is 47.4 Å². The van der Waals surface area contributed by atoms with Crippen molar-refractivity contribution in [3.8, 4) is 0 Å². The molecule has 0 saturated carbocycles. The van der Waals surface area contributed by atoms with Crippen LogP contribution >= 0.6 is 23.2 Å². The van der Waals surface area contributed by atoms with Crippen molar-refractivity contribution in [1.29, 1.82) is 0 Å². The maximum Gasteiger partial charge on any atom is 0.254 e. The highest BCUT2D eigenvalue weighted by atomic mass is 35.5. The predicted octanol–water partition coefficient (Wildman–Crippen LogP) is 3.78. The summed E-state index contributed by atoms with van der Waals surface area (Å²) in [5.74, 6) is -0.983. The summed E-state index contributed by atoms with van der Waals surface area (Å²) in [6.45, 7) is 4.82. The first-order chi connectivity index (χ1) is 13.8. The van der Waals surface area contributed by atoms with Crippen molar-refractivity contribution in [3.63, 3.8) is 0 Å². The molecular weight excluding hydrogens is 449 g/mol. The van der Waals surface area contributed by atoms with E-state index < -0.39 is 27.4 Å². The minimum absolute atomic E-state index is 0.0117. The monoisotopic (exact) mass is 471 g/mol. The zero-order valence-corrected chi connectivity index (χ0v) is 19.3. The molecule has 2 rings (SSSR count). The van der Waals surface area contributed by atoms with Gasteiger partial charge in [0.15, 0.2) is 0 Å². The Bertz CT molecular complexity index is 1070. The van der Waals surface area contributed by atoms with Crippen LogP contribution in [-0.4, -0.2) is 44.3 Å². The van der Waals surface area contributed by atoms with Crippen molar-refractivity contribution < 1.29 is 18.0 Å². The zero-order valence-electron chi connectivity index (χ0n) is 17.0. The van der Waals surface area contributed by atoms with E-state index in [-0.39, 0.29) is 22.0 Å². The highest BCUT2D eigenvalue weighted by molar-refractivity contribution is 7.89. The molecule has 0 fully saturated rings. The Morgan fingerprint density at radius 3 is 2.27 bits per heavy atom. The van der Waals surface area contributed by atoms with Crippen LogP contribution in [0.2, 0.25) is 10.0 Å². The molecule has 30 heavy (non-hydrogen) atoms. The lowest BCUT2D eigenvalue weighted by molar-refractivity contribution is -0.116. The lowest BCUT2D eigenvalue weighted by Gasteiger charge is -2.21. The largest absolute Gasteiger partial charge is 0.332 e. The minimum atomic E-state index is -3.95. The van der Waals surface area contributed by atoms with Crippen LogP contribution in [0.3, 0.4) is 0 Å². The SMILES string of the molecule is CN(CC(=O)Nc1ccccc1Cl)C(=O)c1ccc(Cl)c(S(=O)(=O)NC(C)(C)C)c1. The number of rotatable bonds is 6. The molecule has 0 aliphatic carbocycles. The van der Waals surface area contributed by atoms with Crippen LogP contribution < -0.4 is 10.0 Å². The minimum Gasteiger partial charge on any atom is -0.332 e. The van der Waals surface area contributed by atoms with Crippen molar-refractivity contribution in [2.45, 2.75) is 31.2 Å². The normalized spacial score (nSPS) is 11.8. The molecule has 162 valence electrons. The molecule has 7 nitrogen and oxygen atoms in total. The molecule has 0 heterocycles. The first kappa shape index (κ1) is 24.1. The Balaban J connectivity index is 2.18. The summed E-state index contributed by atoms with van der Waals surface area (Å²) < 4.78 is 27.8. The fraction of sp³-hybridized carbons (Fsp3) is 0.300. The van der Waals surface area contributed by atoms with Crippen molar-refractivity contribution in [2.24, 2.45) is 0 Å². The summed E-state index contributed by atoms with van der Waals surface area (Å²) in [5.41, 5.74) is -0.213. The summed E-state index contributed by atoms with van der Waals surface area (Å²) in [4.78, 5) is 26.0. The van der Waals surface area contributed by atoms with Crippen molar-refractivity contribution in [1.82, 2.24) is 9.62 Å². The van der Waals surface area contributed by atoms with Gasteiger partial charge in [-0.15, -0.1) is 0 Å². The van der Waals surface area contributed by atoms with Crippen LogP contribution in [0.25, 0.3) is 0 Å². The van der Waals surface area contributed by atoms with E-state index in [1.807, 2.05) is 0 Å². The maximum absolute atomic E-state index is 12.7. The summed E-state index contributed by atoms with van der Waals surface area (Å²) in [6.07, 6.45) is 0. The summed E-state index contributed by atoms with van der Waals surface area (Å²) in [6, 6.07) is 10.7. The van der Waals surface area contributed by atoms with Crippen LogP contribution in [0.4, 0.5) is 5.69 Å². The number of hydrogen-bond donors (Lipinski definition) is 2. The molecule has 2 aromatic carbocycles. The predicted molar refractivity (Wildman–Crippen MR) is 119 cm³/mol. The number of benzene rings is 2. The molecule has 2 N–H and O–H groups in total. The Morgan fingerprint density at radius 1 is 1.03 bits per heavy atom. The van der Waals surface area contributed by atoms with Crippen LogP contribution in [0.1, 0.15) is 31.1 Å². The molecule has 0 aliphatic rings. The second-order valence-electron chi connectivity index (χ2n) is 7.69. The molecule has 0 unspecified atom stereocenters. The molecule has 0 atom stereocenters. The van der Waals surface area contributed by atoms with Crippen molar-refractivity contribution >= 4 is 50.7 Å². The quantitative estimate of drug-likeness (QED) is 0.669. The number of anilines is 1. The molecule has 0 saturated heterocycles. The van der Waals surface area contributed by atoms with Gasteiger partial charge in [-0.3, -0.25) is 9.59 Å². The second-order valence-corrected chi connectivity index (χ2v) is 10.2. The first-order valence-corrected chi connectivity index (χ1v) is 11.2. The standard InChI is InChI=1S/C20H23Cl2N3O4S/c1-20(2,3)24-30(28,29)17-11-13(9-10-15(17)22)19(27)25(4)12-18(26)23-16-8-6-5-7-14(16)21/h5-11,24H,12H2,1-4H3,(H,23,26). The van der Waals surface area contributed by atoms with Crippen LogP contribution in [-0.2, 0) is 14.8 Å². The number of hydrogen-bond acceptors (Lipinski definition) is 4. The Hall–Kier alpha value is -2.13. The first-order valence-electron chi connectivity index (χ1n) is 8.93. The van der Waals surface area contributed by atoms with Gasteiger partial charge in [-0.2, -0.15) is 0 Å². The number of halogens is 2. The number of para-hydroxylation sites is 1. The van der Waals surface area contributed by atoms with Crippen molar-refractivity contribution in [2.75, 3.05) is 18.9 Å². The van der Waals surface area contributed by atoms with E-state index in [4.69, 9.17) is 23.2 Å². The van der Waals surface area contributed by atoms with Crippen LogP contribution in [0.5, 0.6) is 0 Å². The molecule has 2 aromatic rings. The molecule has 0 spiro atoms. The third kappa shape index (κ3) is 6.43. The van der Waals surface area contributed by atoms with Gasteiger partial charge < -0.3 is 10.2 Å². The van der Waals surface area contributed by atoms with E-state index in [0.717, 1.165) is 0 Å².